The standard InChI is InChI=1S/C15H22O2Si/c1-18(2,3)12-14(10-7-11-16)15(17)13-8-5-4-6-9-13/h4-6,8-9,12,16H,7,10-11H2,1-3H3/b14-12+. The summed E-state index contributed by atoms with van der Waals surface area (Å²) in [6.45, 7) is 6.77. The van der Waals surface area contributed by atoms with Crippen molar-refractivity contribution in [3.63, 3.8) is 0 Å². The van der Waals surface area contributed by atoms with Crippen molar-refractivity contribution in [2.24, 2.45) is 0 Å². The number of benzene rings is 1. The summed E-state index contributed by atoms with van der Waals surface area (Å²) in [6.07, 6.45) is 1.31. The van der Waals surface area contributed by atoms with Crippen molar-refractivity contribution in [2.45, 2.75) is 32.5 Å². The predicted molar refractivity (Wildman–Crippen MR) is 78.5 cm³/mol. The number of hydrogen-bond acceptors (Lipinski definition) is 2. The predicted octanol–water partition coefficient (Wildman–Crippen LogP) is 3.45. The molecule has 0 radical (unpaired) electrons. The SMILES string of the molecule is C[Si](C)(C)/C=C(\CCCO)C(=O)c1ccccc1. The van der Waals surface area contributed by atoms with Gasteiger partial charge in [-0.15, -0.1) is 0 Å². The Hall–Kier alpha value is -1.19. The number of hydrogen-bond donors (Lipinski definition) is 1. The molecule has 1 N–H and O–H groups in total. The lowest BCUT2D eigenvalue weighted by Gasteiger charge is -2.14. The molecule has 3 heteroatoms. The Kier molecular flexibility index (Phi) is 5.50. The molecule has 0 saturated carbocycles. The number of carbonyl (C=O) groups is 1. The van der Waals surface area contributed by atoms with Crippen LogP contribution in [0.5, 0.6) is 0 Å². The van der Waals surface area contributed by atoms with Crippen LogP contribution in [0.1, 0.15) is 23.2 Å². The first kappa shape index (κ1) is 14.9. The van der Waals surface area contributed by atoms with E-state index >= 15 is 0 Å². The van der Waals surface area contributed by atoms with Gasteiger partial charge in [0.25, 0.3) is 0 Å². The molecule has 0 saturated heterocycles. The lowest BCUT2D eigenvalue weighted by molar-refractivity contribution is 0.102. The molecule has 0 bridgehead atoms. The molecule has 1 aromatic rings. The van der Waals surface area contributed by atoms with Gasteiger partial charge in [-0.3, -0.25) is 4.79 Å². The van der Waals surface area contributed by atoms with Crippen LogP contribution in [0, 0.1) is 0 Å². The van der Waals surface area contributed by atoms with Crippen LogP contribution < -0.4 is 0 Å². The Morgan fingerprint density at radius 1 is 1.22 bits per heavy atom. The smallest absolute Gasteiger partial charge is 0.188 e. The van der Waals surface area contributed by atoms with Gasteiger partial charge in [-0.1, -0.05) is 55.7 Å². The Balaban J connectivity index is 2.97. The molecule has 0 aliphatic heterocycles. The van der Waals surface area contributed by atoms with Gasteiger partial charge in [-0.2, -0.15) is 0 Å². The molecule has 0 aliphatic rings. The van der Waals surface area contributed by atoms with Crippen molar-refractivity contribution < 1.29 is 9.90 Å². The number of aliphatic hydroxyl groups is 1. The third-order valence-electron chi connectivity index (χ3n) is 2.54. The first-order valence-corrected chi connectivity index (χ1v) is 9.94. The van der Waals surface area contributed by atoms with Gasteiger partial charge in [-0.05, 0) is 18.4 Å². The number of rotatable bonds is 6. The van der Waals surface area contributed by atoms with Crippen molar-refractivity contribution in [1.29, 1.82) is 0 Å². The van der Waals surface area contributed by atoms with E-state index in [9.17, 15) is 4.79 Å². The molecular weight excluding hydrogens is 240 g/mol. The van der Waals surface area contributed by atoms with E-state index < -0.39 is 8.07 Å². The third-order valence-corrected chi connectivity index (χ3v) is 3.75. The molecule has 18 heavy (non-hydrogen) atoms. The quantitative estimate of drug-likeness (QED) is 0.484. The summed E-state index contributed by atoms with van der Waals surface area (Å²) in [7, 11) is -1.43. The summed E-state index contributed by atoms with van der Waals surface area (Å²) >= 11 is 0. The van der Waals surface area contributed by atoms with E-state index in [0.29, 0.717) is 12.8 Å². The highest BCUT2D eigenvalue weighted by Gasteiger charge is 2.17. The summed E-state index contributed by atoms with van der Waals surface area (Å²) in [6, 6.07) is 9.36. The van der Waals surface area contributed by atoms with Crippen LogP contribution in [-0.2, 0) is 0 Å². The minimum Gasteiger partial charge on any atom is -0.396 e. The van der Waals surface area contributed by atoms with E-state index in [1.807, 2.05) is 30.3 Å². The summed E-state index contributed by atoms with van der Waals surface area (Å²) in [5.74, 6) is 0.103. The Bertz CT molecular complexity index is 416. The van der Waals surface area contributed by atoms with Crippen LogP contribution >= 0.6 is 0 Å². The topological polar surface area (TPSA) is 37.3 Å². The molecule has 0 amide bonds. The fraction of sp³-hybridized carbons (Fsp3) is 0.400. The Labute approximate surface area is 110 Å². The normalized spacial score (nSPS) is 12.6. The van der Waals surface area contributed by atoms with E-state index in [2.05, 4.69) is 25.3 Å². The van der Waals surface area contributed by atoms with Gasteiger partial charge in [0.2, 0.25) is 0 Å². The summed E-state index contributed by atoms with van der Waals surface area (Å²) in [4.78, 5) is 12.4. The highest BCUT2D eigenvalue weighted by molar-refractivity contribution is 6.81. The molecule has 1 aromatic carbocycles. The van der Waals surface area contributed by atoms with Crippen LogP contribution in [0.25, 0.3) is 0 Å². The van der Waals surface area contributed by atoms with Crippen LogP contribution in [0.3, 0.4) is 0 Å². The fourth-order valence-corrected chi connectivity index (χ4v) is 3.14. The highest BCUT2D eigenvalue weighted by atomic mass is 28.3. The van der Waals surface area contributed by atoms with Crippen molar-refractivity contribution in [2.75, 3.05) is 6.61 Å². The molecule has 0 atom stereocenters. The summed E-state index contributed by atoms with van der Waals surface area (Å²) in [5.41, 5.74) is 3.74. The minimum atomic E-state index is -1.43. The maximum Gasteiger partial charge on any atom is 0.188 e. The molecule has 98 valence electrons. The van der Waals surface area contributed by atoms with Crippen molar-refractivity contribution in [1.82, 2.24) is 0 Å². The first-order chi connectivity index (χ1) is 8.44. The average Bonchev–Trinajstić information content (AvgIpc) is 2.33. The van der Waals surface area contributed by atoms with Crippen molar-refractivity contribution in [3.05, 3.63) is 47.2 Å². The second-order valence-corrected chi connectivity index (χ2v) is 10.6. The molecule has 0 aliphatic carbocycles. The van der Waals surface area contributed by atoms with E-state index in [1.165, 1.54) is 0 Å². The van der Waals surface area contributed by atoms with E-state index in [-0.39, 0.29) is 12.4 Å². The molecule has 0 spiro atoms. The largest absolute Gasteiger partial charge is 0.396 e. The summed E-state index contributed by atoms with van der Waals surface area (Å²) in [5, 5.41) is 8.94. The van der Waals surface area contributed by atoms with Crippen molar-refractivity contribution in [3.8, 4) is 0 Å². The van der Waals surface area contributed by atoms with Gasteiger partial charge < -0.3 is 5.11 Å². The number of allylic oxidation sites excluding steroid dienone is 1. The second kappa shape index (κ2) is 6.66. The zero-order chi connectivity index (χ0) is 13.6. The van der Waals surface area contributed by atoms with Crippen molar-refractivity contribution >= 4 is 13.9 Å². The lowest BCUT2D eigenvalue weighted by atomic mass is 10.0. The van der Waals surface area contributed by atoms with Crippen LogP contribution in [-0.4, -0.2) is 25.6 Å². The van der Waals surface area contributed by atoms with E-state index in [1.54, 1.807) is 0 Å². The monoisotopic (exact) mass is 262 g/mol. The van der Waals surface area contributed by atoms with Gasteiger partial charge >= 0.3 is 0 Å². The zero-order valence-corrected chi connectivity index (χ0v) is 12.4. The van der Waals surface area contributed by atoms with Crippen LogP contribution in [0.15, 0.2) is 41.6 Å². The molecule has 0 aromatic heterocycles. The average molecular weight is 262 g/mol. The first-order valence-electron chi connectivity index (χ1n) is 6.36. The van der Waals surface area contributed by atoms with E-state index in [4.69, 9.17) is 5.11 Å². The molecule has 0 unspecified atom stereocenters. The molecule has 0 fully saturated rings. The maximum absolute atomic E-state index is 12.4. The highest BCUT2D eigenvalue weighted by Crippen LogP contribution is 2.17. The third kappa shape index (κ3) is 4.98. The van der Waals surface area contributed by atoms with Gasteiger partial charge in [0.05, 0.1) is 8.07 Å². The second-order valence-electron chi connectivity index (χ2n) is 5.56. The summed E-state index contributed by atoms with van der Waals surface area (Å²) < 4.78 is 0. The lowest BCUT2D eigenvalue weighted by Crippen LogP contribution is -2.19. The van der Waals surface area contributed by atoms with Gasteiger partial charge in [0, 0.05) is 12.2 Å². The molecule has 0 heterocycles. The minimum absolute atomic E-state index is 0.103. The van der Waals surface area contributed by atoms with Crippen LogP contribution in [0.4, 0.5) is 0 Å². The van der Waals surface area contributed by atoms with E-state index in [0.717, 1.165) is 11.1 Å². The Morgan fingerprint density at radius 3 is 2.33 bits per heavy atom. The Morgan fingerprint density at radius 2 is 1.83 bits per heavy atom. The zero-order valence-electron chi connectivity index (χ0n) is 11.4. The fourth-order valence-electron chi connectivity index (χ4n) is 1.82. The van der Waals surface area contributed by atoms with Gasteiger partial charge in [0.15, 0.2) is 5.78 Å². The maximum atomic E-state index is 12.4. The number of Topliss-reactive ketones (excluding diaryl/α,β-unsaturated/α-hetero) is 1. The van der Waals surface area contributed by atoms with Gasteiger partial charge in [0.1, 0.15) is 0 Å². The number of ketones is 1. The molecular formula is C15H22O2Si. The molecule has 2 nitrogen and oxygen atoms in total. The van der Waals surface area contributed by atoms with Crippen LogP contribution in [0.2, 0.25) is 19.6 Å². The number of carbonyl (C=O) groups excluding carboxylic acids is 1. The van der Waals surface area contributed by atoms with Gasteiger partial charge in [-0.25, -0.2) is 0 Å². The molecule has 1 rings (SSSR count). The number of aliphatic hydroxyl groups excluding tert-OH is 1.